The summed E-state index contributed by atoms with van der Waals surface area (Å²) >= 11 is 0. The molecule has 148 valence electrons. The van der Waals surface area contributed by atoms with E-state index in [2.05, 4.69) is 58.9 Å². The number of hydrogen-bond acceptors (Lipinski definition) is 1. The van der Waals surface area contributed by atoms with Crippen molar-refractivity contribution in [2.24, 2.45) is 0 Å². The first-order valence-corrected chi connectivity index (χ1v) is 10.9. The predicted molar refractivity (Wildman–Crippen MR) is 119 cm³/mol. The predicted octanol–water partition coefficient (Wildman–Crippen LogP) is 8.21. The molecule has 0 spiro atoms. The molecule has 0 atom stereocenters. The number of aromatic hydroxyl groups is 1. The van der Waals surface area contributed by atoms with E-state index >= 15 is 0 Å². The Balaban J connectivity index is 2.36. The van der Waals surface area contributed by atoms with E-state index in [0.29, 0.717) is 17.6 Å². The van der Waals surface area contributed by atoms with Crippen molar-refractivity contribution >= 4 is 0 Å². The summed E-state index contributed by atoms with van der Waals surface area (Å²) < 4.78 is 0. The third-order valence-corrected chi connectivity index (χ3v) is 5.53. The first-order chi connectivity index (χ1) is 13.0. The Morgan fingerprint density at radius 3 is 1.96 bits per heavy atom. The van der Waals surface area contributed by atoms with Crippen LogP contribution in [0.2, 0.25) is 0 Å². The van der Waals surface area contributed by atoms with Gasteiger partial charge in [-0.3, -0.25) is 0 Å². The van der Waals surface area contributed by atoms with Crippen LogP contribution in [0.5, 0.6) is 5.75 Å². The first-order valence-electron chi connectivity index (χ1n) is 10.9. The third kappa shape index (κ3) is 5.86. The van der Waals surface area contributed by atoms with Gasteiger partial charge in [0.1, 0.15) is 5.75 Å². The zero-order valence-electron chi connectivity index (χ0n) is 18.0. The fraction of sp³-hybridized carbons (Fsp3) is 0.538. The Bertz CT molecular complexity index is 686. The summed E-state index contributed by atoms with van der Waals surface area (Å²) in [5, 5.41) is 10.1. The normalized spacial score (nSPS) is 11.5. The Hall–Kier alpha value is -1.76. The number of phenolic OH excluding ortho intramolecular Hbond substituents is 1. The number of rotatable bonds is 10. The van der Waals surface area contributed by atoms with Crippen molar-refractivity contribution in [2.45, 2.75) is 91.4 Å². The lowest BCUT2D eigenvalue weighted by atomic mass is 9.82. The van der Waals surface area contributed by atoms with Crippen molar-refractivity contribution in [1.29, 1.82) is 0 Å². The van der Waals surface area contributed by atoms with Crippen molar-refractivity contribution in [2.75, 3.05) is 0 Å². The van der Waals surface area contributed by atoms with E-state index < -0.39 is 0 Å². The Morgan fingerprint density at radius 1 is 0.778 bits per heavy atom. The maximum Gasteiger partial charge on any atom is 0.115 e. The maximum absolute atomic E-state index is 10.1. The largest absolute Gasteiger partial charge is 0.508 e. The quantitative estimate of drug-likeness (QED) is 0.420. The number of aryl methyl sites for hydroxylation is 1. The van der Waals surface area contributed by atoms with Gasteiger partial charge in [-0.1, -0.05) is 91.0 Å². The van der Waals surface area contributed by atoms with Gasteiger partial charge in [-0.05, 0) is 64.6 Å². The van der Waals surface area contributed by atoms with Gasteiger partial charge in [0.15, 0.2) is 0 Å². The van der Waals surface area contributed by atoms with Gasteiger partial charge >= 0.3 is 0 Å². The molecule has 2 rings (SSSR count). The van der Waals surface area contributed by atoms with Gasteiger partial charge in [-0.15, -0.1) is 0 Å². The fourth-order valence-electron chi connectivity index (χ4n) is 3.99. The summed E-state index contributed by atoms with van der Waals surface area (Å²) in [4.78, 5) is 0. The average molecular weight is 367 g/mol. The second kappa shape index (κ2) is 10.5. The molecule has 0 bridgehead atoms. The van der Waals surface area contributed by atoms with Crippen LogP contribution in [0.3, 0.4) is 0 Å². The van der Waals surface area contributed by atoms with Crippen LogP contribution in [0.15, 0.2) is 36.4 Å². The number of hydrogen-bond donors (Lipinski definition) is 1. The number of phenols is 1. The molecule has 0 radical (unpaired) electrons. The van der Waals surface area contributed by atoms with Crippen LogP contribution in [0.1, 0.15) is 102 Å². The van der Waals surface area contributed by atoms with E-state index in [-0.39, 0.29) is 0 Å². The summed E-state index contributed by atoms with van der Waals surface area (Å²) in [7, 11) is 0. The van der Waals surface area contributed by atoms with Gasteiger partial charge in [0.2, 0.25) is 0 Å². The van der Waals surface area contributed by atoms with Gasteiger partial charge in [0, 0.05) is 0 Å². The molecule has 2 aromatic rings. The molecule has 0 unspecified atom stereocenters. The molecular weight excluding hydrogens is 328 g/mol. The molecule has 0 aliphatic carbocycles. The van der Waals surface area contributed by atoms with Crippen molar-refractivity contribution in [3.8, 4) is 16.9 Å². The smallest absolute Gasteiger partial charge is 0.115 e. The lowest BCUT2D eigenvalue weighted by Gasteiger charge is -2.22. The third-order valence-electron chi connectivity index (χ3n) is 5.53. The first kappa shape index (κ1) is 21.5. The lowest BCUT2D eigenvalue weighted by Crippen LogP contribution is -2.02. The van der Waals surface area contributed by atoms with Crippen molar-refractivity contribution < 1.29 is 5.11 Å². The molecular formula is C26H38O. The van der Waals surface area contributed by atoms with Gasteiger partial charge in [-0.25, -0.2) is 0 Å². The fourth-order valence-corrected chi connectivity index (χ4v) is 3.99. The SMILES string of the molecule is CCCCCCCCc1cc(O)ccc1-c1c(C(C)C)cccc1C(C)C. The molecule has 2 aromatic carbocycles. The standard InChI is InChI=1S/C26H38O/c1-6-7-8-9-10-11-13-21-18-22(27)16-17-25(21)26-23(19(2)3)14-12-15-24(26)20(4)5/h12,14-20,27H,6-11,13H2,1-5H3. The van der Waals surface area contributed by atoms with Crippen LogP contribution in [-0.4, -0.2) is 5.11 Å². The van der Waals surface area contributed by atoms with E-state index in [0.717, 1.165) is 6.42 Å². The van der Waals surface area contributed by atoms with Crippen molar-refractivity contribution in [3.05, 3.63) is 53.1 Å². The molecule has 0 aliphatic heterocycles. The van der Waals surface area contributed by atoms with Gasteiger partial charge in [-0.2, -0.15) is 0 Å². The molecule has 0 fully saturated rings. The molecule has 1 heteroatoms. The molecule has 0 heterocycles. The summed E-state index contributed by atoms with van der Waals surface area (Å²) in [5.74, 6) is 1.34. The highest BCUT2D eigenvalue weighted by Gasteiger charge is 2.18. The Kier molecular flexibility index (Phi) is 8.41. The van der Waals surface area contributed by atoms with E-state index in [4.69, 9.17) is 0 Å². The van der Waals surface area contributed by atoms with Crippen LogP contribution in [0.4, 0.5) is 0 Å². The highest BCUT2D eigenvalue weighted by Crippen LogP contribution is 2.39. The maximum atomic E-state index is 10.1. The van der Waals surface area contributed by atoms with Crippen LogP contribution < -0.4 is 0 Å². The average Bonchev–Trinajstić information content (AvgIpc) is 2.64. The summed E-state index contributed by atoms with van der Waals surface area (Å²) in [5.41, 5.74) is 6.82. The number of benzene rings is 2. The Morgan fingerprint density at radius 2 is 1.37 bits per heavy atom. The highest BCUT2D eigenvalue weighted by atomic mass is 16.3. The molecule has 27 heavy (non-hydrogen) atoms. The topological polar surface area (TPSA) is 20.2 Å². The molecule has 0 saturated heterocycles. The van der Waals surface area contributed by atoms with Gasteiger partial charge < -0.3 is 5.11 Å². The summed E-state index contributed by atoms with van der Waals surface area (Å²) in [6.45, 7) is 11.4. The van der Waals surface area contributed by atoms with Crippen LogP contribution in [0, 0.1) is 0 Å². The van der Waals surface area contributed by atoms with Gasteiger partial charge in [0.25, 0.3) is 0 Å². The minimum absolute atomic E-state index is 0.382. The molecule has 1 nitrogen and oxygen atoms in total. The second-order valence-electron chi connectivity index (χ2n) is 8.48. The molecule has 0 aliphatic rings. The minimum atomic E-state index is 0.382. The van der Waals surface area contributed by atoms with E-state index in [1.807, 2.05) is 12.1 Å². The minimum Gasteiger partial charge on any atom is -0.508 e. The second-order valence-corrected chi connectivity index (χ2v) is 8.48. The molecule has 0 amide bonds. The molecule has 0 saturated carbocycles. The van der Waals surface area contributed by atoms with Gasteiger partial charge in [0.05, 0.1) is 0 Å². The summed E-state index contributed by atoms with van der Waals surface area (Å²) in [6.07, 6.45) is 8.81. The van der Waals surface area contributed by atoms with E-state index in [1.165, 1.54) is 66.3 Å². The van der Waals surface area contributed by atoms with Crippen LogP contribution >= 0.6 is 0 Å². The Labute approximate surface area is 166 Å². The van der Waals surface area contributed by atoms with E-state index in [9.17, 15) is 5.11 Å². The molecule has 0 aromatic heterocycles. The van der Waals surface area contributed by atoms with Crippen LogP contribution in [-0.2, 0) is 6.42 Å². The highest BCUT2D eigenvalue weighted by molar-refractivity contribution is 5.76. The van der Waals surface area contributed by atoms with Crippen LogP contribution in [0.25, 0.3) is 11.1 Å². The van der Waals surface area contributed by atoms with Crippen molar-refractivity contribution in [1.82, 2.24) is 0 Å². The zero-order valence-corrected chi connectivity index (χ0v) is 18.0. The monoisotopic (exact) mass is 366 g/mol. The molecule has 1 N–H and O–H groups in total. The van der Waals surface area contributed by atoms with E-state index in [1.54, 1.807) is 0 Å². The summed E-state index contributed by atoms with van der Waals surface area (Å²) in [6, 6.07) is 12.7. The van der Waals surface area contributed by atoms with Crippen molar-refractivity contribution in [3.63, 3.8) is 0 Å². The lowest BCUT2D eigenvalue weighted by molar-refractivity contribution is 0.474. The number of unbranched alkanes of at least 4 members (excludes halogenated alkanes) is 5. The zero-order chi connectivity index (χ0) is 19.8.